The van der Waals surface area contributed by atoms with Gasteiger partial charge < -0.3 is 25.0 Å². The standard InChI is InChI=1S/C16H31N3O5/c1-6-12(2)9-19(10-15(23-4)24-5)16(22)13(3)18-14(21)7-8-17-11-20/h11-13,15H,6-10H2,1-5H3,(H,17,20)(H,18,21)/t12?,13-/m0/s1. The number of rotatable bonds is 13. The summed E-state index contributed by atoms with van der Waals surface area (Å²) in [4.78, 5) is 36.3. The zero-order valence-electron chi connectivity index (χ0n) is 15.3. The van der Waals surface area contributed by atoms with Crippen molar-refractivity contribution in [2.75, 3.05) is 33.9 Å². The maximum Gasteiger partial charge on any atom is 0.245 e. The lowest BCUT2D eigenvalue weighted by Crippen LogP contribution is -2.50. The smallest absolute Gasteiger partial charge is 0.245 e. The quantitative estimate of drug-likeness (QED) is 0.281. The van der Waals surface area contributed by atoms with Gasteiger partial charge in [0, 0.05) is 33.7 Å². The predicted octanol–water partition coefficient (Wildman–Crippen LogP) is 0.121. The molecule has 0 bridgehead atoms. The van der Waals surface area contributed by atoms with Crippen LogP contribution in [0.3, 0.4) is 0 Å². The van der Waals surface area contributed by atoms with Gasteiger partial charge in [0.05, 0.1) is 6.54 Å². The first kappa shape index (κ1) is 22.3. The van der Waals surface area contributed by atoms with E-state index in [1.165, 1.54) is 14.2 Å². The average Bonchev–Trinajstić information content (AvgIpc) is 2.57. The van der Waals surface area contributed by atoms with E-state index in [-0.39, 0.29) is 24.8 Å². The van der Waals surface area contributed by atoms with Gasteiger partial charge in [0.2, 0.25) is 18.2 Å². The second-order valence-electron chi connectivity index (χ2n) is 5.77. The van der Waals surface area contributed by atoms with E-state index in [9.17, 15) is 14.4 Å². The number of nitrogens with zero attached hydrogens (tertiary/aromatic N) is 1. The second kappa shape index (κ2) is 12.7. The van der Waals surface area contributed by atoms with Crippen molar-refractivity contribution < 1.29 is 23.9 Å². The fourth-order valence-corrected chi connectivity index (χ4v) is 2.08. The van der Waals surface area contributed by atoms with Crippen molar-refractivity contribution in [2.24, 2.45) is 5.92 Å². The van der Waals surface area contributed by atoms with Gasteiger partial charge in [-0.15, -0.1) is 0 Å². The number of ether oxygens (including phenoxy) is 2. The molecule has 0 rings (SSSR count). The maximum atomic E-state index is 12.7. The molecule has 2 atom stereocenters. The van der Waals surface area contributed by atoms with E-state index in [0.29, 0.717) is 25.4 Å². The van der Waals surface area contributed by atoms with Crippen molar-refractivity contribution >= 4 is 18.2 Å². The highest BCUT2D eigenvalue weighted by Crippen LogP contribution is 2.08. The number of nitrogens with one attached hydrogen (secondary N) is 2. The first-order chi connectivity index (χ1) is 11.4. The molecule has 0 aromatic carbocycles. The fraction of sp³-hybridized carbons (Fsp3) is 0.812. The van der Waals surface area contributed by atoms with Gasteiger partial charge in [-0.3, -0.25) is 14.4 Å². The third-order valence-corrected chi connectivity index (χ3v) is 3.76. The van der Waals surface area contributed by atoms with Crippen molar-refractivity contribution in [2.45, 2.75) is 45.9 Å². The number of hydrogen-bond acceptors (Lipinski definition) is 5. The third kappa shape index (κ3) is 8.83. The average molecular weight is 345 g/mol. The molecule has 0 saturated carbocycles. The molecule has 0 saturated heterocycles. The summed E-state index contributed by atoms with van der Waals surface area (Å²) in [6.45, 7) is 6.86. The number of amides is 3. The van der Waals surface area contributed by atoms with Crippen LogP contribution in [0.2, 0.25) is 0 Å². The summed E-state index contributed by atoms with van der Waals surface area (Å²) in [5.74, 6) is -0.155. The van der Waals surface area contributed by atoms with E-state index in [0.717, 1.165) is 6.42 Å². The van der Waals surface area contributed by atoms with Crippen LogP contribution in [0.5, 0.6) is 0 Å². The summed E-state index contributed by atoms with van der Waals surface area (Å²) in [6, 6.07) is -0.660. The van der Waals surface area contributed by atoms with Crippen LogP contribution in [0.25, 0.3) is 0 Å². The number of hydrogen-bond donors (Lipinski definition) is 2. The summed E-state index contributed by atoms with van der Waals surface area (Å²) in [7, 11) is 3.04. The highest BCUT2D eigenvalue weighted by Gasteiger charge is 2.25. The maximum absolute atomic E-state index is 12.7. The van der Waals surface area contributed by atoms with E-state index in [4.69, 9.17) is 9.47 Å². The number of carbonyl (C=O) groups is 3. The SMILES string of the molecule is CCC(C)CN(CC(OC)OC)C(=O)[C@H](C)NC(=O)CCNC=O. The van der Waals surface area contributed by atoms with Gasteiger partial charge in [0.15, 0.2) is 6.29 Å². The Morgan fingerprint density at radius 2 is 1.79 bits per heavy atom. The molecule has 24 heavy (non-hydrogen) atoms. The van der Waals surface area contributed by atoms with Crippen LogP contribution in [-0.4, -0.2) is 69.3 Å². The molecule has 8 nitrogen and oxygen atoms in total. The minimum Gasteiger partial charge on any atom is -0.358 e. The Morgan fingerprint density at radius 1 is 1.17 bits per heavy atom. The van der Waals surface area contributed by atoms with Crippen LogP contribution in [0.15, 0.2) is 0 Å². The zero-order chi connectivity index (χ0) is 18.5. The van der Waals surface area contributed by atoms with Crippen LogP contribution in [0.1, 0.15) is 33.6 Å². The van der Waals surface area contributed by atoms with Gasteiger partial charge in [-0.1, -0.05) is 20.3 Å². The van der Waals surface area contributed by atoms with Crippen LogP contribution >= 0.6 is 0 Å². The minimum absolute atomic E-state index is 0.125. The normalized spacial score (nSPS) is 13.2. The van der Waals surface area contributed by atoms with Crippen molar-refractivity contribution in [3.05, 3.63) is 0 Å². The Morgan fingerprint density at radius 3 is 2.29 bits per heavy atom. The lowest BCUT2D eigenvalue weighted by Gasteiger charge is -2.30. The molecule has 2 N–H and O–H groups in total. The van der Waals surface area contributed by atoms with Gasteiger partial charge in [0.1, 0.15) is 6.04 Å². The van der Waals surface area contributed by atoms with Gasteiger partial charge in [-0.2, -0.15) is 0 Å². The van der Waals surface area contributed by atoms with E-state index in [1.54, 1.807) is 11.8 Å². The summed E-state index contributed by atoms with van der Waals surface area (Å²) in [6.07, 6.45) is 1.08. The molecular formula is C16H31N3O5. The molecule has 0 radical (unpaired) electrons. The van der Waals surface area contributed by atoms with Gasteiger partial charge >= 0.3 is 0 Å². The molecule has 8 heteroatoms. The van der Waals surface area contributed by atoms with Crippen molar-refractivity contribution in [1.29, 1.82) is 0 Å². The summed E-state index contributed by atoms with van der Waals surface area (Å²) < 4.78 is 10.4. The van der Waals surface area contributed by atoms with Crippen LogP contribution in [0, 0.1) is 5.92 Å². The lowest BCUT2D eigenvalue weighted by atomic mass is 10.1. The molecule has 0 aliphatic carbocycles. The molecule has 0 aliphatic rings. The first-order valence-corrected chi connectivity index (χ1v) is 8.20. The van der Waals surface area contributed by atoms with E-state index in [2.05, 4.69) is 24.5 Å². The van der Waals surface area contributed by atoms with Gasteiger partial charge in [-0.05, 0) is 12.8 Å². The van der Waals surface area contributed by atoms with Crippen LogP contribution in [-0.2, 0) is 23.9 Å². The van der Waals surface area contributed by atoms with E-state index < -0.39 is 12.3 Å². The molecule has 1 unspecified atom stereocenters. The minimum atomic E-state index is -0.660. The Balaban J connectivity index is 4.74. The molecule has 0 aromatic rings. The summed E-state index contributed by atoms with van der Waals surface area (Å²) in [5, 5.41) is 5.06. The molecule has 0 spiro atoms. The molecule has 140 valence electrons. The lowest BCUT2D eigenvalue weighted by molar-refractivity contribution is -0.148. The van der Waals surface area contributed by atoms with Crippen molar-refractivity contribution in [3.63, 3.8) is 0 Å². The topological polar surface area (TPSA) is 97.0 Å². The summed E-state index contributed by atoms with van der Waals surface area (Å²) in [5.41, 5.74) is 0. The number of methoxy groups -OCH3 is 2. The first-order valence-electron chi connectivity index (χ1n) is 8.20. The third-order valence-electron chi connectivity index (χ3n) is 3.76. The molecule has 0 aliphatic heterocycles. The van der Waals surface area contributed by atoms with Gasteiger partial charge in [-0.25, -0.2) is 0 Å². The Kier molecular flexibility index (Phi) is 11.8. The monoisotopic (exact) mass is 345 g/mol. The van der Waals surface area contributed by atoms with Crippen LogP contribution < -0.4 is 10.6 Å². The number of carbonyl (C=O) groups excluding carboxylic acids is 3. The largest absolute Gasteiger partial charge is 0.358 e. The molecule has 0 fully saturated rings. The Bertz CT molecular complexity index is 388. The van der Waals surface area contributed by atoms with E-state index >= 15 is 0 Å². The Labute approximate surface area is 144 Å². The molecular weight excluding hydrogens is 314 g/mol. The Hall–Kier alpha value is -1.67. The highest BCUT2D eigenvalue weighted by molar-refractivity contribution is 5.87. The van der Waals surface area contributed by atoms with Crippen molar-refractivity contribution in [1.82, 2.24) is 15.5 Å². The van der Waals surface area contributed by atoms with Gasteiger partial charge in [0.25, 0.3) is 0 Å². The highest BCUT2D eigenvalue weighted by atomic mass is 16.7. The predicted molar refractivity (Wildman–Crippen MR) is 90.1 cm³/mol. The summed E-state index contributed by atoms with van der Waals surface area (Å²) >= 11 is 0. The fourth-order valence-electron chi connectivity index (χ4n) is 2.08. The zero-order valence-corrected chi connectivity index (χ0v) is 15.3. The van der Waals surface area contributed by atoms with E-state index in [1.807, 2.05) is 0 Å². The molecule has 0 heterocycles. The van der Waals surface area contributed by atoms with Crippen LogP contribution in [0.4, 0.5) is 0 Å². The molecule has 0 aromatic heterocycles. The molecule has 3 amide bonds. The second-order valence-corrected chi connectivity index (χ2v) is 5.77. The van der Waals surface area contributed by atoms with Crippen molar-refractivity contribution in [3.8, 4) is 0 Å².